The third-order valence-electron chi connectivity index (χ3n) is 2.73. The number of halogens is 3. The predicted molar refractivity (Wildman–Crippen MR) is 81.8 cm³/mol. The van der Waals surface area contributed by atoms with Crippen molar-refractivity contribution in [2.75, 3.05) is 7.11 Å². The van der Waals surface area contributed by atoms with Crippen molar-refractivity contribution in [1.29, 1.82) is 0 Å². The maximum atomic E-state index is 11.7. The number of carbonyl (C=O) groups is 1. The van der Waals surface area contributed by atoms with Gasteiger partial charge in [0.1, 0.15) is 0 Å². The van der Waals surface area contributed by atoms with Crippen LogP contribution in [0.25, 0.3) is 0 Å². The van der Waals surface area contributed by atoms with E-state index in [-0.39, 0.29) is 18.4 Å². The molecule has 0 spiro atoms. The Hall–Kier alpha value is -0.100. The molecule has 0 radical (unpaired) electrons. The van der Waals surface area contributed by atoms with Gasteiger partial charge in [0.25, 0.3) is 0 Å². The summed E-state index contributed by atoms with van der Waals surface area (Å²) in [5.74, 6) is -0.318. The van der Waals surface area contributed by atoms with E-state index >= 15 is 0 Å². The fourth-order valence-corrected chi connectivity index (χ4v) is 2.89. The molecule has 1 rings (SSSR count). The Balaban J connectivity index is 0.00000289. The van der Waals surface area contributed by atoms with Crippen molar-refractivity contribution in [2.24, 2.45) is 11.1 Å². The van der Waals surface area contributed by atoms with Gasteiger partial charge in [-0.15, -0.1) is 12.4 Å². The van der Waals surface area contributed by atoms with Crippen molar-refractivity contribution in [3.05, 3.63) is 32.7 Å². The Labute approximate surface area is 130 Å². The largest absolute Gasteiger partial charge is 0.469 e. The zero-order valence-corrected chi connectivity index (χ0v) is 14.4. The minimum absolute atomic E-state index is 0. The third-order valence-corrected chi connectivity index (χ3v) is 3.65. The highest BCUT2D eigenvalue weighted by molar-refractivity contribution is 9.11. The standard InChI is InChI=1S/C12H15Br2NO2.ClH/c1-12(2,11(16)17-3)10(15)7-4-8(13)6-9(14)5-7;/h4-6,10H,15H2,1-3H3;1H/t10-;/m0./s1. The van der Waals surface area contributed by atoms with Crippen molar-refractivity contribution in [3.8, 4) is 0 Å². The molecule has 0 unspecified atom stereocenters. The molecular formula is C12H16Br2ClNO2. The first kappa shape index (κ1) is 17.9. The van der Waals surface area contributed by atoms with E-state index in [2.05, 4.69) is 31.9 Å². The molecule has 0 aliphatic rings. The van der Waals surface area contributed by atoms with E-state index in [0.717, 1.165) is 14.5 Å². The van der Waals surface area contributed by atoms with Crippen LogP contribution >= 0.6 is 44.3 Å². The molecule has 0 aromatic heterocycles. The lowest BCUT2D eigenvalue weighted by atomic mass is 9.81. The summed E-state index contributed by atoms with van der Waals surface area (Å²) in [7, 11) is 1.37. The lowest BCUT2D eigenvalue weighted by molar-refractivity contribution is -0.152. The fourth-order valence-electron chi connectivity index (χ4n) is 1.56. The van der Waals surface area contributed by atoms with Gasteiger partial charge in [-0.3, -0.25) is 4.79 Å². The van der Waals surface area contributed by atoms with E-state index in [1.165, 1.54) is 7.11 Å². The van der Waals surface area contributed by atoms with Crippen LogP contribution in [-0.4, -0.2) is 13.1 Å². The van der Waals surface area contributed by atoms with Crippen LogP contribution in [0.4, 0.5) is 0 Å². The number of nitrogens with two attached hydrogens (primary N) is 1. The van der Waals surface area contributed by atoms with Gasteiger partial charge in [0.15, 0.2) is 0 Å². The molecule has 0 heterocycles. The molecule has 3 nitrogen and oxygen atoms in total. The maximum absolute atomic E-state index is 11.7. The molecule has 0 bridgehead atoms. The van der Waals surface area contributed by atoms with Gasteiger partial charge in [0.05, 0.1) is 12.5 Å². The number of benzene rings is 1. The van der Waals surface area contributed by atoms with Gasteiger partial charge in [0, 0.05) is 15.0 Å². The lowest BCUT2D eigenvalue weighted by Crippen LogP contribution is -2.37. The van der Waals surface area contributed by atoms with Crippen LogP contribution < -0.4 is 5.73 Å². The fraction of sp³-hybridized carbons (Fsp3) is 0.417. The average molecular weight is 402 g/mol. The summed E-state index contributed by atoms with van der Waals surface area (Å²) >= 11 is 6.80. The van der Waals surface area contributed by atoms with Gasteiger partial charge in [0.2, 0.25) is 0 Å². The van der Waals surface area contributed by atoms with Crippen LogP contribution in [-0.2, 0) is 9.53 Å². The van der Waals surface area contributed by atoms with Crippen LogP contribution in [0.2, 0.25) is 0 Å². The van der Waals surface area contributed by atoms with Gasteiger partial charge in [-0.1, -0.05) is 31.9 Å². The minimum atomic E-state index is -0.769. The van der Waals surface area contributed by atoms with E-state index in [0.29, 0.717) is 0 Å². The molecule has 1 atom stereocenters. The molecule has 6 heteroatoms. The number of methoxy groups -OCH3 is 1. The molecule has 1 aromatic rings. The van der Waals surface area contributed by atoms with Gasteiger partial charge in [-0.25, -0.2) is 0 Å². The molecule has 2 N–H and O–H groups in total. The summed E-state index contributed by atoms with van der Waals surface area (Å²) in [6, 6.07) is 5.30. The smallest absolute Gasteiger partial charge is 0.313 e. The first-order valence-electron chi connectivity index (χ1n) is 5.09. The van der Waals surface area contributed by atoms with Crippen LogP contribution in [0, 0.1) is 5.41 Å². The molecule has 18 heavy (non-hydrogen) atoms. The van der Waals surface area contributed by atoms with E-state index < -0.39 is 11.5 Å². The second-order valence-corrected chi connectivity index (χ2v) is 6.23. The van der Waals surface area contributed by atoms with Gasteiger partial charge in [-0.05, 0) is 37.6 Å². The van der Waals surface area contributed by atoms with E-state index in [9.17, 15) is 4.79 Å². The summed E-state index contributed by atoms with van der Waals surface area (Å²) in [5.41, 5.74) is 6.25. The predicted octanol–water partition coefficient (Wildman–Crippen LogP) is 3.83. The highest BCUT2D eigenvalue weighted by Crippen LogP contribution is 2.34. The lowest BCUT2D eigenvalue weighted by Gasteiger charge is -2.29. The summed E-state index contributed by atoms with van der Waals surface area (Å²) in [4.78, 5) is 11.7. The van der Waals surface area contributed by atoms with Gasteiger partial charge >= 0.3 is 5.97 Å². The van der Waals surface area contributed by atoms with Crippen LogP contribution in [0.5, 0.6) is 0 Å². The number of hydrogen-bond donors (Lipinski definition) is 1. The Morgan fingerprint density at radius 3 is 2.11 bits per heavy atom. The van der Waals surface area contributed by atoms with E-state index in [1.807, 2.05) is 18.2 Å². The number of hydrogen-bond acceptors (Lipinski definition) is 3. The highest BCUT2D eigenvalue weighted by Gasteiger charge is 2.36. The molecule has 0 aliphatic heterocycles. The molecule has 0 amide bonds. The quantitative estimate of drug-likeness (QED) is 0.783. The Morgan fingerprint density at radius 2 is 1.72 bits per heavy atom. The Kier molecular flexibility index (Phi) is 6.85. The first-order chi connectivity index (χ1) is 7.78. The Bertz CT molecular complexity index is 418. The number of rotatable bonds is 3. The average Bonchev–Trinajstić information content (AvgIpc) is 2.25. The Morgan fingerprint density at radius 1 is 1.28 bits per heavy atom. The second-order valence-electron chi connectivity index (χ2n) is 4.39. The topological polar surface area (TPSA) is 52.3 Å². The normalized spacial score (nSPS) is 12.6. The van der Waals surface area contributed by atoms with Gasteiger partial charge in [-0.2, -0.15) is 0 Å². The SMILES string of the molecule is COC(=O)C(C)(C)[C@@H](N)c1cc(Br)cc(Br)c1.Cl. The summed E-state index contributed by atoms with van der Waals surface area (Å²) < 4.78 is 6.61. The van der Waals surface area contributed by atoms with Crippen molar-refractivity contribution in [1.82, 2.24) is 0 Å². The van der Waals surface area contributed by atoms with Gasteiger partial charge < -0.3 is 10.5 Å². The third kappa shape index (κ3) is 3.95. The zero-order valence-electron chi connectivity index (χ0n) is 10.4. The molecule has 0 fully saturated rings. The second kappa shape index (κ2) is 6.89. The first-order valence-corrected chi connectivity index (χ1v) is 6.67. The van der Waals surface area contributed by atoms with Crippen LogP contribution in [0.1, 0.15) is 25.5 Å². The van der Waals surface area contributed by atoms with Crippen LogP contribution in [0.15, 0.2) is 27.1 Å². The highest BCUT2D eigenvalue weighted by atomic mass is 79.9. The molecule has 0 aliphatic carbocycles. The van der Waals surface area contributed by atoms with Crippen molar-refractivity contribution in [2.45, 2.75) is 19.9 Å². The molecule has 102 valence electrons. The number of esters is 1. The summed E-state index contributed by atoms with van der Waals surface area (Å²) in [5, 5.41) is 0. The van der Waals surface area contributed by atoms with Crippen LogP contribution in [0.3, 0.4) is 0 Å². The van der Waals surface area contributed by atoms with Crippen molar-refractivity contribution in [3.63, 3.8) is 0 Å². The molecule has 1 aromatic carbocycles. The molecule has 0 saturated heterocycles. The number of carbonyl (C=O) groups excluding carboxylic acids is 1. The summed E-state index contributed by atoms with van der Waals surface area (Å²) in [6.45, 7) is 3.55. The minimum Gasteiger partial charge on any atom is -0.469 e. The van der Waals surface area contributed by atoms with Crippen molar-refractivity contribution >= 4 is 50.2 Å². The monoisotopic (exact) mass is 399 g/mol. The van der Waals surface area contributed by atoms with Crippen molar-refractivity contribution < 1.29 is 9.53 Å². The maximum Gasteiger partial charge on any atom is 0.313 e. The zero-order chi connectivity index (χ0) is 13.2. The molecular weight excluding hydrogens is 385 g/mol. The molecule has 0 saturated carbocycles. The summed E-state index contributed by atoms with van der Waals surface area (Å²) in [6.07, 6.45) is 0. The number of ether oxygens (including phenoxy) is 1. The van der Waals surface area contributed by atoms with E-state index in [1.54, 1.807) is 13.8 Å². The van der Waals surface area contributed by atoms with E-state index in [4.69, 9.17) is 10.5 Å².